The third kappa shape index (κ3) is 3.26. The van der Waals surface area contributed by atoms with Crippen LogP contribution in [0.25, 0.3) is 0 Å². The zero-order chi connectivity index (χ0) is 13.8. The van der Waals surface area contributed by atoms with Crippen molar-refractivity contribution in [1.82, 2.24) is 0 Å². The Balaban J connectivity index is 2.13. The lowest BCUT2D eigenvalue weighted by molar-refractivity contribution is 0.1000. The Hall–Kier alpha value is -2.00. The molecule has 0 bridgehead atoms. The van der Waals surface area contributed by atoms with Crippen LogP contribution >= 0.6 is 11.6 Å². The minimum Gasteiger partial charge on any atom is -0.381 e. The molecule has 0 fully saturated rings. The molecule has 0 radical (unpaired) electrons. The van der Waals surface area contributed by atoms with Gasteiger partial charge in [-0.1, -0.05) is 29.8 Å². The van der Waals surface area contributed by atoms with Gasteiger partial charge >= 0.3 is 0 Å². The van der Waals surface area contributed by atoms with Gasteiger partial charge in [-0.15, -0.1) is 0 Å². The first kappa shape index (κ1) is 13.4. The smallest absolute Gasteiger partial charge is 0.249 e. The molecule has 1 amide bonds. The molecule has 0 aliphatic rings. The third-order valence-electron chi connectivity index (χ3n) is 3.00. The predicted octanol–water partition coefficient (Wildman–Crippen LogP) is 3.36. The van der Waals surface area contributed by atoms with Crippen LogP contribution in [0.4, 0.5) is 5.69 Å². The monoisotopic (exact) mass is 274 g/mol. The summed E-state index contributed by atoms with van der Waals surface area (Å²) in [5, 5.41) is 4.01. The largest absolute Gasteiger partial charge is 0.381 e. The molecule has 2 aromatic carbocycles. The highest BCUT2D eigenvalue weighted by molar-refractivity contribution is 6.30. The molecular weight excluding hydrogens is 260 g/mol. The zero-order valence-electron chi connectivity index (χ0n) is 10.6. The molecule has 0 unspecified atom stereocenters. The van der Waals surface area contributed by atoms with Crippen LogP contribution in [-0.4, -0.2) is 5.91 Å². The highest BCUT2D eigenvalue weighted by Crippen LogP contribution is 2.19. The molecule has 4 heteroatoms. The highest BCUT2D eigenvalue weighted by atomic mass is 35.5. The average molecular weight is 275 g/mol. The maximum Gasteiger partial charge on any atom is 0.249 e. The maximum atomic E-state index is 11.3. The van der Waals surface area contributed by atoms with Crippen molar-refractivity contribution in [2.45, 2.75) is 13.5 Å². The molecule has 3 nitrogen and oxygen atoms in total. The highest BCUT2D eigenvalue weighted by Gasteiger charge is 2.07. The van der Waals surface area contributed by atoms with Crippen molar-refractivity contribution in [3.8, 4) is 0 Å². The Labute approximate surface area is 117 Å². The van der Waals surface area contributed by atoms with Gasteiger partial charge in [0.1, 0.15) is 0 Å². The van der Waals surface area contributed by atoms with Gasteiger partial charge in [0, 0.05) is 22.8 Å². The van der Waals surface area contributed by atoms with Crippen LogP contribution in [0.3, 0.4) is 0 Å². The van der Waals surface area contributed by atoms with Crippen LogP contribution < -0.4 is 11.1 Å². The van der Waals surface area contributed by atoms with Crippen LogP contribution in [-0.2, 0) is 6.54 Å². The Bertz CT molecular complexity index is 594. The van der Waals surface area contributed by atoms with Crippen molar-refractivity contribution in [2.75, 3.05) is 5.32 Å². The normalized spacial score (nSPS) is 10.2. The second kappa shape index (κ2) is 5.76. The van der Waals surface area contributed by atoms with E-state index in [1.165, 1.54) is 0 Å². The quantitative estimate of drug-likeness (QED) is 0.898. The van der Waals surface area contributed by atoms with E-state index in [-0.39, 0.29) is 0 Å². The number of nitrogens with one attached hydrogen (secondary N) is 1. The molecule has 0 aliphatic heterocycles. The Kier molecular flexibility index (Phi) is 4.07. The first-order valence-corrected chi connectivity index (χ1v) is 6.33. The lowest BCUT2D eigenvalue weighted by atomic mass is 10.1. The van der Waals surface area contributed by atoms with Gasteiger partial charge < -0.3 is 11.1 Å². The molecule has 2 rings (SSSR count). The summed E-state index contributed by atoms with van der Waals surface area (Å²) in [6.07, 6.45) is 0. The summed E-state index contributed by atoms with van der Waals surface area (Å²) in [5.41, 5.74) is 8.76. The fourth-order valence-electron chi connectivity index (χ4n) is 1.89. The predicted molar refractivity (Wildman–Crippen MR) is 78.5 cm³/mol. The van der Waals surface area contributed by atoms with Gasteiger partial charge in [-0.3, -0.25) is 4.79 Å². The van der Waals surface area contributed by atoms with Gasteiger partial charge in [-0.2, -0.15) is 0 Å². The Morgan fingerprint density at radius 2 is 1.89 bits per heavy atom. The van der Waals surface area contributed by atoms with Crippen LogP contribution in [0, 0.1) is 6.92 Å². The van der Waals surface area contributed by atoms with Crippen LogP contribution in [0.2, 0.25) is 5.02 Å². The van der Waals surface area contributed by atoms with E-state index in [9.17, 15) is 4.79 Å². The number of carbonyl (C=O) groups excluding carboxylic acids is 1. The lowest BCUT2D eigenvalue weighted by Crippen LogP contribution is -2.13. The number of benzene rings is 2. The number of anilines is 1. The summed E-state index contributed by atoms with van der Waals surface area (Å²) in [7, 11) is 0. The van der Waals surface area contributed by atoms with Gasteiger partial charge in [0.05, 0.1) is 0 Å². The second-order valence-electron chi connectivity index (χ2n) is 4.32. The number of hydrogen-bond acceptors (Lipinski definition) is 2. The first-order valence-electron chi connectivity index (χ1n) is 5.95. The average Bonchev–Trinajstić information content (AvgIpc) is 2.39. The molecule has 0 aliphatic carbocycles. The molecule has 0 saturated heterocycles. The number of rotatable bonds is 4. The number of hydrogen-bond donors (Lipinski definition) is 2. The molecule has 3 N–H and O–H groups in total. The van der Waals surface area contributed by atoms with Crippen molar-refractivity contribution in [1.29, 1.82) is 0 Å². The van der Waals surface area contributed by atoms with Crippen molar-refractivity contribution in [3.63, 3.8) is 0 Å². The summed E-state index contributed by atoms with van der Waals surface area (Å²) in [6.45, 7) is 2.55. The van der Waals surface area contributed by atoms with E-state index in [0.717, 1.165) is 21.8 Å². The second-order valence-corrected chi connectivity index (χ2v) is 4.76. The van der Waals surface area contributed by atoms with Gasteiger partial charge in [-0.25, -0.2) is 0 Å². The van der Waals surface area contributed by atoms with E-state index in [1.54, 1.807) is 6.07 Å². The third-order valence-corrected chi connectivity index (χ3v) is 3.25. The molecule has 0 saturated carbocycles. The van der Waals surface area contributed by atoms with E-state index in [0.29, 0.717) is 12.1 Å². The van der Waals surface area contributed by atoms with Crippen molar-refractivity contribution < 1.29 is 4.79 Å². The zero-order valence-corrected chi connectivity index (χ0v) is 11.4. The summed E-state index contributed by atoms with van der Waals surface area (Å²) in [5.74, 6) is -0.410. The standard InChI is InChI=1S/C15H15ClN2O/c1-10-13(15(17)19)3-2-4-14(10)18-9-11-5-7-12(16)8-6-11/h2-8,18H,9H2,1H3,(H2,17,19). The minimum atomic E-state index is -0.410. The molecular formula is C15H15ClN2O. The Morgan fingerprint density at radius 3 is 2.53 bits per heavy atom. The number of amides is 1. The van der Waals surface area contributed by atoms with E-state index in [2.05, 4.69) is 5.32 Å². The lowest BCUT2D eigenvalue weighted by Gasteiger charge is -2.12. The number of halogens is 1. The summed E-state index contributed by atoms with van der Waals surface area (Å²) < 4.78 is 0. The maximum absolute atomic E-state index is 11.3. The topological polar surface area (TPSA) is 55.1 Å². The summed E-state index contributed by atoms with van der Waals surface area (Å²) in [6, 6.07) is 13.1. The van der Waals surface area contributed by atoms with E-state index in [4.69, 9.17) is 17.3 Å². The SMILES string of the molecule is Cc1c(NCc2ccc(Cl)cc2)cccc1C(N)=O. The van der Waals surface area contributed by atoms with Crippen molar-refractivity contribution in [2.24, 2.45) is 5.73 Å². The van der Waals surface area contributed by atoms with Gasteiger partial charge in [0.25, 0.3) is 0 Å². The minimum absolute atomic E-state index is 0.410. The van der Waals surface area contributed by atoms with Gasteiger partial charge in [0.15, 0.2) is 0 Å². The van der Waals surface area contributed by atoms with Crippen LogP contribution in [0.1, 0.15) is 21.5 Å². The van der Waals surface area contributed by atoms with E-state index in [1.807, 2.05) is 43.3 Å². The van der Waals surface area contributed by atoms with Crippen molar-refractivity contribution >= 4 is 23.2 Å². The van der Waals surface area contributed by atoms with Gasteiger partial charge in [-0.05, 0) is 42.3 Å². The molecule has 2 aromatic rings. The van der Waals surface area contributed by atoms with Crippen molar-refractivity contribution in [3.05, 3.63) is 64.2 Å². The number of primary amides is 1. The molecule has 19 heavy (non-hydrogen) atoms. The van der Waals surface area contributed by atoms with E-state index >= 15 is 0 Å². The first-order chi connectivity index (χ1) is 9.08. The number of nitrogens with two attached hydrogens (primary N) is 1. The summed E-state index contributed by atoms with van der Waals surface area (Å²) in [4.78, 5) is 11.3. The van der Waals surface area contributed by atoms with E-state index < -0.39 is 5.91 Å². The van der Waals surface area contributed by atoms with Crippen LogP contribution in [0.15, 0.2) is 42.5 Å². The molecule has 0 atom stereocenters. The fraction of sp³-hybridized carbons (Fsp3) is 0.133. The van der Waals surface area contributed by atoms with Gasteiger partial charge in [0.2, 0.25) is 5.91 Å². The number of carbonyl (C=O) groups is 1. The molecule has 98 valence electrons. The molecule has 0 aromatic heterocycles. The summed E-state index contributed by atoms with van der Waals surface area (Å²) >= 11 is 5.84. The fourth-order valence-corrected chi connectivity index (χ4v) is 2.02. The Morgan fingerprint density at radius 1 is 1.21 bits per heavy atom. The molecule has 0 heterocycles. The van der Waals surface area contributed by atoms with Crippen LogP contribution in [0.5, 0.6) is 0 Å². The molecule has 0 spiro atoms.